The molecule has 29 heavy (non-hydrogen) atoms. The topological polar surface area (TPSA) is 102 Å². The van der Waals surface area contributed by atoms with E-state index < -0.39 is 18.0 Å². The van der Waals surface area contributed by atoms with E-state index in [0.29, 0.717) is 19.7 Å². The Kier molecular flexibility index (Phi) is 12.7. The highest BCUT2D eigenvalue weighted by molar-refractivity contribution is 5.92. The minimum atomic E-state index is -0.889. The molecule has 0 spiro atoms. The van der Waals surface area contributed by atoms with Crippen LogP contribution >= 0.6 is 0 Å². The molecule has 2 amide bonds. The first-order valence-electron chi connectivity index (χ1n) is 10.8. The smallest absolute Gasteiger partial charge is 0.308 e. The van der Waals surface area contributed by atoms with E-state index in [1.165, 1.54) is 44.1 Å². The Bertz CT molecular complexity index is 537. The predicted octanol–water partition coefficient (Wildman–Crippen LogP) is 2.34. The average molecular weight is 413 g/mol. The lowest BCUT2D eigenvalue weighted by Crippen LogP contribution is -2.57. The van der Waals surface area contributed by atoms with Crippen molar-refractivity contribution in [3.05, 3.63) is 0 Å². The van der Waals surface area contributed by atoms with Crippen molar-refractivity contribution in [3.8, 4) is 0 Å². The normalized spacial score (nSPS) is 16.3. The minimum Gasteiger partial charge on any atom is -0.469 e. The van der Waals surface area contributed by atoms with Crippen LogP contribution in [-0.2, 0) is 28.7 Å². The van der Waals surface area contributed by atoms with Crippen molar-refractivity contribution < 1.29 is 28.7 Å². The number of piperazine rings is 1. The molecule has 1 fully saturated rings. The maximum Gasteiger partial charge on any atom is 0.308 e. The van der Waals surface area contributed by atoms with Gasteiger partial charge in [-0.3, -0.25) is 19.2 Å². The third-order valence-corrected chi connectivity index (χ3v) is 5.04. The van der Waals surface area contributed by atoms with Gasteiger partial charge in [-0.05, 0) is 6.42 Å². The highest BCUT2D eigenvalue weighted by Gasteiger charge is 2.35. The molecule has 0 aromatic rings. The van der Waals surface area contributed by atoms with Crippen LogP contribution in [0.15, 0.2) is 0 Å². The number of carbonyl (C=O) groups excluding carboxylic acids is 4. The molecule has 0 saturated carbocycles. The number of hydrogen-bond acceptors (Lipinski definition) is 6. The van der Waals surface area contributed by atoms with Gasteiger partial charge in [0.1, 0.15) is 6.04 Å². The van der Waals surface area contributed by atoms with Crippen LogP contribution in [0.4, 0.5) is 0 Å². The summed E-state index contributed by atoms with van der Waals surface area (Å²) in [6.45, 7) is 3.16. The van der Waals surface area contributed by atoms with Gasteiger partial charge < -0.3 is 19.7 Å². The molecule has 1 atom stereocenters. The molecule has 1 rings (SSSR count). The second-order valence-electron chi connectivity index (χ2n) is 7.37. The van der Waals surface area contributed by atoms with Gasteiger partial charge in [-0.15, -0.1) is 0 Å². The predicted molar refractivity (Wildman–Crippen MR) is 108 cm³/mol. The first-order valence-corrected chi connectivity index (χ1v) is 10.8. The van der Waals surface area contributed by atoms with Crippen molar-refractivity contribution in [2.45, 2.75) is 83.6 Å². The van der Waals surface area contributed by atoms with Gasteiger partial charge in [-0.2, -0.15) is 0 Å². The lowest BCUT2D eigenvalue weighted by molar-refractivity contribution is -0.153. The molecule has 1 saturated heterocycles. The van der Waals surface area contributed by atoms with Gasteiger partial charge in [0.2, 0.25) is 11.8 Å². The number of carbonyl (C=O) groups is 4. The summed E-state index contributed by atoms with van der Waals surface area (Å²) in [6, 6.07) is -0.889. The highest BCUT2D eigenvalue weighted by atomic mass is 16.5. The zero-order chi connectivity index (χ0) is 21.5. The number of methoxy groups -OCH3 is 1. The summed E-state index contributed by atoms with van der Waals surface area (Å²) in [5.74, 6) is -1.68. The van der Waals surface area contributed by atoms with Crippen molar-refractivity contribution in [2.75, 3.05) is 26.8 Å². The van der Waals surface area contributed by atoms with Gasteiger partial charge in [-0.1, -0.05) is 51.9 Å². The fourth-order valence-electron chi connectivity index (χ4n) is 3.31. The molecule has 0 aromatic heterocycles. The lowest BCUT2D eigenvalue weighted by Gasteiger charge is -2.34. The van der Waals surface area contributed by atoms with E-state index in [4.69, 9.17) is 4.74 Å². The summed E-state index contributed by atoms with van der Waals surface area (Å²) in [7, 11) is 1.26. The number of amides is 2. The Morgan fingerprint density at radius 3 is 2.31 bits per heavy atom. The second kappa shape index (κ2) is 14.8. The molecule has 1 unspecified atom stereocenters. The summed E-state index contributed by atoms with van der Waals surface area (Å²) in [6.07, 6.45) is 8.94. The van der Waals surface area contributed by atoms with Gasteiger partial charge >= 0.3 is 11.9 Å². The molecule has 1 aliphatic rings. The Labute approximate surface area is 173 Å². The van der Waals surface area contributed by atoms with Crippen LogP contribution in [0.2, 0.25) is 0 Å². The van der Waals surface area contributed by atoms with E-state index in [1.54, 1.807) is 0 Å². The van der Waals surface area contributed by atoms with E-state index in [1.807, 2.05) is 0 Å². The Morgan fingerprint density at radius 2 is 1.66 bits per heavy atom. The number of ether oxygens (including phenoxy) is 2. The second-order valence-corrected chi connectivity index (χ2v) is 7.37. The molecule has 1 heterocycles. The van der Waals surface area contributed by atoms with Crippen molar-refractivity contribution in [3.63, 3.8) is 0 Å². The van der Waals surface area contributed by atoms with E-state index in [-0.39, 0.29) is 31.1 Å². The number of nitrogens with zero attached hydrogens (tertiary/aromatic N) is 1. The van der Waals surface area contributed by atoms with Crippen molar-refractivity contribution >= 4 is 23.8 Å². The number of unbranched alkanes of at least 4 members (excludes halogenated alkanes) is 7. The van der Waals surface area contributed by atoms with Gasteiger partial charge in [0.05, 0.1) is 26.6 Å². The molecule has 166 valence electrons. The molecule has 8 heteroatoms. The van der Waals surface area contributed by atoms with E-state index in [9.17, 15) is 19.2 Å². The maximum absolute atomic E-state index is 12.4. The lowest BCUT2D eigenvalue weighted by atomic mass is 10.1. The first-order chi connectivity index (χ1) is 14.0. The minimum absolute atomic E-state index is 0.0518. The molecular formula is C21H36N2O6. The molecule has 1 N–H and O–H groups in total. The van der Waals surface area contributed by atoms with Gasteiger partial charge in [0.15, 0.2) is 0 Å². The quantitative estimate of drug-likeness (QED) is 0.347. The van der Waals surface area contributed by atoms with Crippen molar-refractivity contribution in [1.29, 1.82) is 0 Å². The van der Waals surface area contributed by atoms with Gasteiger partial charge in [0.25, 0.3) is 0 Å². The van der Waals surface area contributed by atoms with Crippen LogP contribution in [0.3, 0.4) is 0 Å². The third kappa shape index (κ3) is 10.3. The van der Waals surface area contributed by atoms with Crippen LogP contribution in [0.5, 0.6) is 0 Å². The van der Waals surface area contributed by atoms with Crippen molar-refractivity contribution in [1.82, 2.24) is 10.2 Å². The molecule has 8 nitrogen and oxygen atoms in total. The molecule has 0 aliphatic carbocycles. The fourth-order valence-corrected chi connectivity index (χ4v) is 3.31. The number of hydrogen-bond donors (Lipinski definition) is 1. The Balaban J connectivity index is 2.31. The largest absolute Gasteiger partial charge is 0.469 e. The SMILES string of the molecule is CCCCCCCCCCOC(=O)CC1C(=O)NCCN1C(=O)CCC(=O)OC. The number of rotatable bonds is 14. The Hall–Kier alpha value is -2.12. The highest BCUT2D eigenvalue weighted by Crippen LogP contribution is 2.13. The van der Waals surface area contributed by atoms with Crippen LogP contribution in [-0.4, -0.2) is 61.5 Å². The maximum atomic E-state index is 12.4. The molecule has 1 aliphatic heterocycles. The van der Waals surface area contributed by atoms with Crippen LogP contribution in [0.1, 0.15) is 77.6 Å². The summed E-state index contributed by atoms with van der Waals surface area (Å²) >= 11 is 0. The van der Waals surface area contributed by atoms with E-state index in [0.717, 1.165) is 19.3 Å². The zero-order valence-corrected chi connectivity index (χ0v) is 17.9. The number of nitrogens with one attached hydrogen (secondary N) is 1. The van der Waals surface area contributed by atoms with Crippen molar-refractivity contribution in [2.24, 2.45) is 0 Å². The summed E-state index contributed by atoms with van der Waals surface area (Å²) in [5, 5.41) is 2.67. The molecule has 0 bridgehead atoms. The monoisotopic (exact) mass is 412 g/mol. The van der Waals surface area contributed by atoms with E-state index in [2.05, 4.69) is 17.0 Å². The summed E-state index contributed by atoms with van der Waals surface area (Å²) < 4.78 is 9.78. The summed E-state index contributed by atoms with van der Waals surface area (Å²) in [5.41, 5.74) is 0. The van der Waals surface area contributed by atoms with Crippen LogP contribution < -0.4 is 5.32 Å². The van der Waals surface area contributed by atoms with E-state index >= 15 is 0 Å². The molecule has 0 aromatic carbocycles. The molecular weight excluding hydrogens is 376 g/mol. The average Bonchev–Trinajstić information content (AvgIpc) is 2.71. The Morgan fingerprint density at radius 1 is 1.00 bits per heavy atom. The number of esters is 2. The van der Waals surface area contributed by atoms with Gasteiger partial charge in [0, 0.05) is 19.5 Å². The third-order valence-electron chi connectivity index (χ3n) is 5.04. The summed E-state index contributed by atoms with van der Waals surface area (Å²) in [4.78, 5) is 49.3. The van der Waals surface area contributed by atoms with Crippen LogP contribution in [0, 0.1) is 0 Å². The first kappa shape index (κ1) is 24.9. The standard InChI is InChI=1S/C21H36N2O6/c1-3-4-5-6-7-8-9-10-15-29-20(26)16-17-21(27)22-13-14-23(17)18(24)11-12-19(25)28-2/h17H,3-16H2,1-2H3,(H,22,27). The zero-order valence-electron chi connectivity index (χ0n) is 17.9. The van der Waals surface area contributed by atoms with Gasteiger partial charge in [-0.25, -0.2) is 0 Å². The fraction of sp³-hybridized carbons (Fsp3) is 0.810. The molecule has 0 radical (unpaired) electrons. The van der Waals surface area contributed by atoms with Crippen LogP contribution in [0.25, 0.3) is 0 Å².